The fraction of sp³-hybridized carbons (Fsp3) is 0.0833. The van der Waals surface area contributed by atoms with Crippen molar-refractivity contribution in [1.82, 2.24) is 4.98 Å². The average Bonchev–Trinajstić information content (AvgIpc) is 2.77. The minimum absolute atomic E-state index is 0.0422. The summed E-state index contributed by atoms with van der Waals surface area (Å²) in [6, 6.07) is 8.14. The van der Waals surface area contributed by atoms with Gasteiger partial charge in [-0.15, -0.1) is 0 Å². The molecule has 0 radical (unpaired) electrons. The van der Waals surface area contributed by atoms with Gasteiger partial charge in [-0.2, -0.15) is 0 Å². The molecule has 94 valence electrons. The van der Waals surface area contributed by atoms with Crippen LogP contribution in [0.5, 0.6) is 0 Å². The summed E-state index contributed by atoms with van der Waals surface area (Å²) in [5.41, 5.74) is -0.0556. The molecule has 2 rings (SSSR count). The van der Waals surface area contributed by atoms with Gasteiger partial charge in [0.15, 0.2) is 9.84 Å². The van der Waals surface area contributed by atoms with Crippen LogP contribution in [0.2, 0.25) is 0 Å². The summed E-state index contributed by atoms with van der Waals surface area (Å²) in [7, 11) is -3.41. The first-order valence-corrected chi connectivity index (χ1v) is 6.97. The first-order chi connectivity index (χ1) is 8.39. The molecule has 0 unspecified atom stereocenters. The number of H-pyrrole nitrogens is 1. The molecular formula is C12H10FNO3S. The molecule has 0 fully saturated rings. The maximum Gasteiger partial charge on any atom is 0.212 e. The van der Waals surface area contributed by atoms with Crippen molar-refractivity contribution in [2.75, 3.05) is 6.26 Å². The average molecular weight is 267 g/mol. The van der Waals surface area contributed by atoms with Crippen molar-refractivity contribution in [3.8, 4) is 0 Å². The van der Waals surface area contributed by atoms with E-state index in [-0.39, 0.29) is 16.3 Å². The lowest BCUT2D eigenvalue weighted by molar-refractivity contribution is 0.103. The molecule has 0 bridgehead atoms. The highest BCUT2D eigenvalue weighted by molar-refractivity contribution is 7.90. The summed E-state index contributed by atoms with van der Waals surface area (Å²) in [5, 5.41) is -0.0674. The van der Waals surface area contributed by atoms with Crippen LogP contribution in [-0.4, -0.2) is 25.4 Å². The quantitative estimate of drug-likeness (QED) is 0.862. The van der Waals surface area contributed by atoms with E-state index in [9.17, 15) is 17.6 Å². The van der Waals surface area contributed by atoms with E-state index in [0.717, 1.165) is 6.26 Å². The van der Waals surface area contributed by atoms with Crippen molar-refractivity contribution >= 4 is 15.6 Å². The van der Waals surface area contributed by atoms with E-state index in [4.69, 9.17) is 0 Å². The van der Waals surface area contributed by atoms with Crippen LogP contribution in [0.3, 0.4) is 0 Å². The van der Waals surface area contributed by atoms with Crippen LogP contribution in [0.4, 0.5) is 4.39 Å². The molecule has 0 spiro atoms. The number of carbonyl (C=O) groups is 1. The zero-order valence-electron chi connectivity index (χ0n) is 9.48. The Labute approximate surface area is 103 Å². The van der Waals surface area contributed by atoms with Crippen LogP contribution in [-0.2, 0) is 9.84 Å². The SMILES string of the molecule is CS(=O)(=O)c1ccc(C(=O)c2ccccc2F)[nH]1. The second kappa shape index (κ2) is 4.38. The van der Waals surface area contributed by atoms with Crippen LogP contribution < -0.4 is 0 Å². The molecule has 1 heterocycles. The van der Waals surface area contributed by atoms with Gasteiger partial charge in [-0.3, -0.25) is 4.79 Å². The first kappa shape index (κ1) is 12.5. The van der Waals surface area contributed by atoms with E-state index in [1.165, 1.54) is 36.4 Å². The minimum Gasteiger partial charge on any atom is -0.343 e. The molecule has 0 atom stereocenters. The zero-order valence-corrected chi connectivity index (χ0v) is 10.3. The van der Waals surface area contributed by atoms with Gasteiger partial charge in [0.25, 0.3) is 0 Å². The summed E-state index contributed by atoms with van der Waals surface area (Å²) in [4.78, 5) is 14.4. The molecule has 0 aliphatic rings. The highest BCUT2D eigenvalue weighted by Crippen LogP contribution is 2.15. The van der Waals surface area contributed by atoms with Crippen LogP contribution in [0, 0.1) is 5.82 Å². The standard InChI is InChI=1S/C12H10FNO3S/c1-18(16,17)11-7-6-10(14-11)12(15)8-4-2-3-5-9(8)13/h2-7,14H,1H3. The van der Waals surface area contributed by atoms with Crippen molar-refractivity contribution in [3.63, 3.8) is 0 Å². The molecule has 6 heteroatoms. The van der Waals surface area contributed by atoms with E-state index in [1.807, 2.05) is 0 Å². The maximum atomic E-state index is 13.4. The number of nitrogens with one attached hydrogen (secondary N) is 1. The largest absolute Gasteiger partial charge is 0.343 e. The van der Waals surface area contributed by atoms with Crippen LogP contribution >= 0.6 is 0 Å². The summed E-state index contributed by atoms with van der Waals surface area (Å²) < 4.78 is 35.9. The van der Waals surface area contributed by atoms with E-state index in [0.29, 0.717) is 0 Å². The number of rotatable bonds is 3. The van der Waals surface area contributed by atoms with Crippen molar-refractivity contribution in [2.45, 2.75) is 5.03 Å². The molecule has 0 amide bonds. The Hall–Kier alpha value is -1.95. The van der Waals surface area contributed by atoms with E-state index < -0.39 is 21.4 Å². The summed E-state index contributed by atoms with van der Waals surface area (Å²) in [6.07, 6.45) is 1.02. The zero-order chi connectivity index (χ0) is 13.3. The molecule has 1 N–H and O–H groups in total. The van der Waals surface area contributed by atoms with Crippen LogP contribution in [0.15, 0.2) is 41.4 Å². The topological polar surface area (TPSA) is 67.0 Å². The molecule has 0 aliphatic heterocycles. The fourth-order valence-corrected chi connectivity index (χ4v) is 2.12. The number of aromatic amines is 1. The number of benzene rings is 1. The van der Waals surface area contributed by atoms with Gasteiger partial charge in [-0.1, -0.05) is 12.1 Å². The van der Waals surface area contributed by atoms with Gasteiger partial charge >= 0.3 is 0 Å². The third kappa shape index (κ3) is 2.33. The van der Waals surface area contributed by atoms with Gasteiger partial charge in [0.2, 0.25) is 5.78 Å². The van der Waals surface area contributed by atoms with Crippen molar-refractivity contribution in [1.29, 1.82) is 0 Å². The highest BCUT2D eigenvalue weighted by Gasteiger charge is 2.17. The Morgan fingerprint density at radius 2 is 1.83 bits per heavy atom. The molecule has 18 heavy (non-hydrogen) atoms. The van der Waals surface area contributed by atoms with Crippen molar-refractivity contribution < 1.29 is 17.6 Å². The smallest absolute Gasteiger partial charge is 0.212 e. The maximum absolute atomic E-state index is 13.4. The Bertz CT molecular complexity index is 704. The van der Waals surface area contributed by atoms with Crippen LogP contribution in [0.25, 0.3) is 0 Å². The Kier molecular flexibility index (Phi) is 3.04. The lowest BCUT2D eigenvalue weighted by Crippen LogP contribution is -2.05. The highest BCUT2D eigenvalue weighted by atomic mass is 32.2. The van der Waals surface area contributed by atoms with E-state index >= 15 is 0 Å². The summed E-state index contributed by atoms with van der Waals surface area (Å²) in [5.74, 6) is -1.22. The molecule has 0 aliphatic carbocycles. The Morgan fingerprint density at radius 3 is 2.39 bits per heavy atom. The lowest BCUT2D eigenvalue weighted by atomic mass is 10.1. The number of carbonyl (C=O) groups excluding carboxylic acids is 1. The van der Waals surface area contributed by atoms with Gasteiger partial charge in [-0.05, 0) is 24.3 Å². The van der Waals surface area contributed by atoms with Gasteiger partial charge in [0.1, 0.15) is 10.8 Å². The van der Waals surface area contributed by atoms with Gasteiger partial charge in [-0.25, -0.2) is 12.8 Å². The van der Waals surface area contributed by atoms with Gasteiger partial charge < -0.3 is 4.98 Å². The number of halogens is 1. The van der Waals surface area contributed by atoms with Crippen molar-refractivity contribution in [2.24, 2.45) is 0 Å². The Balaban J connectivity index is 2.42. The molecule has 4 nitrogen and oxygen atoms in total. The molecular weight excluding hydrogens is 257 g/mol. The second-order valence-electron chi connectivity index (χ2n) is 3.82. The number of ketones is 1. The number of aromatic nitrogens is 1. The number of sulfone groups is 1. The van der Waals surface area contributed by atoms with Crippen LogP contribution in [0.1, 0.15) is 16.1 Å². The van der Waals surface area contributed by atoms with Gasteiger partial charge in [0, 0.05) is 6.26 Å². The molecule has 1 aromatic carbocycles. The second-order valence-corrected chi connectivity index (χ2v) is 5.80. The summed E-state index contributed by atoms with van der Waals surface area (Å²) >= 11 is 0. The molecule has 1 aromatic heterocycles. The number of hydrogen-bond donors (Lipinski definition) is 1. The third-order valence-corrected chi connectivity index (χ3v) is 3.46. The number of hydrogen-bond acceptors (Lipinski definition) is 3. The third-order valence-electron chi connectivity index (χ3n) is 2.42. The normalized spacial score (nSPS) is 11.4. The fourth-order valence-electron chi connectivity index (χ4n) is 1.51. The molecule has 2 aromatic rings. The molecule has 0 saturated carbocycles. The lowest BCUT2D eigenvalue weighted by Gasteiger charge is -2.00. The van der Waals surface area contributed by atoms with E-state index in [2.05, 4.69) is 4.98 Å². The predicted octanol–water partition coefficient (Wildman–Crippen LogP) is 1.79. The monoisotopic (exact) mass is 267 g/mol. The summed E-state index contributed by atoms with van der Waals surface area (Å²) in [6.45, 7) is 0. The Morgan fingerprint density at radius 1 is 1.17 bits per heavy atom. The first-order valence-electron chi connectivity index (χ1n) is 5.08. The predicted molar refractivity (Wildman–Crippen MR) is 63.7 cm³/mol. The van der Waals surface area contributed by atoms with Crippen molar-refractivity contribution in [3.05, 3.63) is 53.5 Å². The minimum atomic E-state index is -3.41. The molecule has 0 saturated heterocycles. The van der Waals surface area contributed by atoms with E-state index in [1.54, 1.807) is 0 Å². The van der Waals surface area contributed by atoms with Gasteiger partial charge in [0.05, 0.1) is 11.3 Å².